The lowest BCUT2D eigenvalue weighted by molar-refractivity contribution is 0.156. The van der Waals surface area contributed by atoms with E-state index in [2.05, 4.69) is 15.5 Å². The van der Waals surface area contributed by atoms with Crippen LogP contribution in [-0.4, -0.2) is 41.0 Å². The van der Waals surface area contributed by atoms with Crippen LogP contribution in [0, 0.1) is 0 Å². The van der Waals surface area contributed by atoms with Gasteiger partial charge in [-0.25, -0.2) is 4.68 Å². The van der Waals surface area contributed by atoms with Crippen LogP contribution in [0.5, 0.6) is 5.75 Å². The van der Waals surface area contributed by atoms with Crippen molar-refractivity contribution < 1.29 is 9.47 Å². The molecule has 2 N–H and O–H groups in total. The first-order chi connectivity index (χ1) is 9.17. The second-order valence-electron chi connectivity index (χ2n) is 4.21. The molecule has 7 nitrogen and oxygen atoms in total. The van der Waals surface area contributed by atoms with Crippen molar-refractivity contribution in [2.75, 3.05) is 26.6 Å². The monoisotopic (exact) mass is 263 g/mol. The number of hydrogen-bond donors (Lipinski definition) is 1. The highest BCUT2D eigenvalue weighted by Gasteiger charge is 2.15. The fraction of sp³-hybridized carbons (Fsp3) is 0.417. The Morgan fingerprint density at radius 2 is 2.16 bits per heavy atom. The smallest absolute Gasteiger partial charge is 0.182 e. The first-order valence-electron chi connectivity index (χ1n) is 5.88. The number of tetrazole rings is 1. The lowest BCUT2D eigenvalue weighted by Crippen LogP contribution is -2.14. The third kappa shape index (κ3) is 2.65. The molecular formula is C12H17N5O2. The fourth-order valence-corrected chi connectivity index (χ4v) is 1.87. The van der Waals surface area contributed by atoms with Gasteiger partial charge in [0.05, 0.1) is 25.4 Å². The third-order valence-corrected chi connectivity index (χ3v) is 2.81. The molecule has 1 aromatic carbocycles. The average molecular weight is 263 g/mol. The first-order valence-corrected chi connectivity index (χ1v) is 5.88. The van der Waals surface area contributed by atoms with Gasteiger partial charge in [-0.05, 0) is 35.5 Å². The van der Waals surface area contributed by atoms with Gasteiger partial charge in [-0.2, -0.15) is 0 Å². The molecule has 0 saturated carbocycles. The van der Waals surface area contributed by atoms with Crippen LogP contribution in [0.15, 0.2) is 18.2 Å². The van der Waals surface area contributed by atoms with Crippen molar-refractivity contribution in [2.45, 2.75) is 13.0 Å². The zero-order valence-corrected chi connectivity index (χ0v) is 11.2. The van der Waals surface area contributed by atoms with Gasteiger partial charge in [0, 0.05) is 12.7 Å². The molecule has 0 aliphatic carbocycles. The summed E-state index contributed by atoms with van der Waals surface area (Å²) in [5.74, 6) is 1.28. The third-order valence-electron chi connectivity index (χ3n) is 2.81. The number of nitrogens with two attached hydrogens (primary N) is 1. The predicted octanol–water partition coefficient (Wildman–Crippen LogP) is 1.14. The molecule has 19 heavy (non-hydrogen) atoms. The Morgan fingerprint density at radius 3 is 2.79 bits per heavy atom. The van der Waals surface area contributed by atoms with Crippen LogP contribution in [0.4, 0.5) is 5.69 Å². The van der Waals surface area contributed by atoms with Crippen molar-refractivity contribution in [1.29, 1.82) is 0 Å². The van der Waals surface area contributed by atoms with E-state index < -0.39 is 0 Å². The number of methoxy groups -OCH3 is 2. The summed E-state index contributed by atoms with van der Waals surface area (Å²) in [4.78, 5) is 0. The maximum absolute atomic E-state index is 5.90. The summed E-state index contributed by atoms with van der Waals surface area (Å²) in [5.41, 5.74) is 7.28. The van der Waals surface area contributed by atoms with E-state index in [9.17, 15) is 0 Å². The summed E-state index contributed by atoms with van der Waals surface area (Å²) in [6.07, 6.45) is 0. The standard InChI is InChI=1S/C12H17N5O2/c1-8(7-18-2)17-12(14-15-16-17)9-4-5-11(19-3)10(13)6-9/h4-6,8H,7,13H2,1-3H3. The number of hydrogen-bond acceptors (Lipinski definition) is 6. The molecule has 0 aliphatic rings. The first kappa shape index (κ1) is 13.3. The van der Waals surface area contributed by atoms with Crippen molar-refractivity contribution in [2.24, 2.45) is 0 Å². The van der Waals surface area contributed by atoms with E-state index in [1.54, 1.807) is 31.0 Å². The average Bonchev–Trinajstić information content (AvgIpc) is 2.88. The molecule has 0 saturated heterocycles. The zero-order valence-electron chi connectivity index (χ0n) is 11.2. The van der Waals surface area contributed by atoms with E-state index in [0.717, 1.165) is 5.56 Å². The number of rotatable bonds is 5. The Morgan fingerprint density at radius 1 is 1.37 bits per heavy atom. The largest absolute Gasteiger partial charge is 0.495 e. The summed E-state index contributed by atoms with van der Waals surface area (Å²) >= 11 is 0. The zero-order chi connectivity index (χ0) is 13.8. The molecule has 1 unspecified atom stereocenters. The number of ether oxygens (including phenoxy) is 2. The summed E-state index contributed by atoms with van der Waals surface area (Å²) < 4.78 is 12.0. The molecule has 0 fully saturated rings. The molecule has 0 radical (unpaired) electrons. The molecule has 102 valence electrons. The molecule has 0 amide bonds. The number of anilines is 1. The summed E-state index contributed by atoms with van der Waals surface area (Å²) in [6.45, 7) is 2.51. The minimum atomic E-state index is 0.0401. The van der Waals surface area contributed by atoms with Crippen LogP contribution in [0.1, 0.15) is 13.0 Å². The number of benzene rings is 1. The van der Waals surface area contributed by atoms with Crippen LogP contribution in [0.3, 0.4) is 0 Å². The summed E-state index contributed by atoms with van der Waals surface area (Å²) in [7, 11) is 3.22. The SMILES string of the molecule is COCC(C)n1nnnc1-c1ccc(OC)c(N)c1. The van der Waals surface area contributed by atoms with E-state index >= 15 is 0 Å². The number of nitrogens with zero attached hydrogens (tertiary/aromatic N) is 4. The Hall–Kier alpha value is -2.15. The second kappa shape index (κ2) is 5.66. The maximum atomic E-state index is 5.90. The van der Waals surface area contributed by atoms with Gasteiger partial charge in [-0.15, -0.1) is 5.10 Å². The molecule has 7 heteroatoms. The van der Waals surface area contributed by atoms with Gasteiger partial charge in [0.1, 0.15) is 5.75 Å². The van der Waals surface area contributed by atoms with Gasteiger partial charge in [-0.3, -0.25) is 0 Å². The van der Waals surface area contributed by atoms with Crippen LogP contribution in [0.2, 0.25) is 0 Å². The number of aromatic nitrogens is 4. The van der Waals surface area contributed by atoms with Crippen molar-refractivity contribution in [3.05, 3.63) is 18.2 Å². The summed E-state index contributed by atoms with van der Waals surface area (Å²) in [6, 6.07) is 5.50. The lowest BCUT2D eigenvalue weighted by atomic mass is 10.1. The predicted molar refractivity (Wildman–Crippen MR) is 70.8 cm³/mol. The Balaban J connectivity index is 2.37. The van der Waals surface area contributed by atoms with E-state index in [0.29, 0.717) is 23.9 Å². The van der Waals surface area contributed by atoms with Crippen molar-refractivity contribution in [1.82, 2.24) is 20.2 Å². The van der Waals surface area contributed by atoms with Gasteiger partial charge in [0.15, 0.2) is 5.82 Å². The second-order valence-corrected chi connectivity index (χ2v) is 4.21. The van der Waals surface area contributed by atoms with E-state index in [-0.39, 0.29) is 6.04 Å². The van der Waals surface area contributed by atoms with E-state index in [1.165, 1.54) is 0 Å². The molecule has 2 aromatic rings. The Kier molecular flexibility index (Phi) is 3.96. The minimum Gasteiger partial charge on any atom is -0.495 e. The highest BCUT2D eigenvalue weighted by Crippen LogP contribution is 2.27. The lowest BCUT2D eigenvalue weighted by Gasteiger charge is -2.13. The molecule has 1 aromatic heterocycles. The fourth-order valence-electron chi connectivity index (χ4n) is 1.87. The van der Waals surface area contributed by atoms with Gasteiger partial charge in [0.2, 0.25) is 0 Å². The minimum absolute atomic E-state index is 0.0401. The highest BCUT2D eigenvalue weighted by molar-refractivity contribution is 5.66. The van der Waals surface area contributed by atoms with Crippen molar-refractivity contribution in [3.63, 3.8) is 0 Å². The van der Waals surface area contributed by atoms with Gasteiger partial charge >= 0.3 is 0 Å². The maximum Gasteiger partial charge on any atom is 0.182 e. The van der Waals surface area contributed by atoms with Crippen LogP contribution < -0.4 is 10.5 Å². The molecule has 0 bridgehead atoms. The Labute approximate surface area is 111 Å². The van der Waals surface area contributed by atoms with Gasteiger partial charge < -0.3 is 15.2 Å². The van der Waals surface area contributed by atoms with E-state index in [1.807, 2.05) is 13.0 Å². The number of nitrogen functional groups attached to an aromatic ring is 1. The molecule has 1 heterocycles. The van der Waals surface area contributed by atoms with Crippen LogP contribution >= 0.6 is 0 Å². The topological polar surface area (TPSA) is 88.1 Å². The van der Waals surface area contributed by atoms with Crippen molar-refractivity contribution >= 4 is 5.69 Å². The van der Waals surface area contributed by atoms with Crippen molar-refractivity contribution in [3.8, 4) is 17.1 Å². The molecule has 2 rings (SSSR count). The summed E-state index contributed by atoms with van der Waals surface area (Å²) in [5, 5.41) is 11.7. The molecular weight excluding hydrogens is 246 g/mol. The van der Waals surface area contributed by atoms with Gasteiger partial charge in [0.25, 0.3) is 0 Å². The molecule has 1 atom stereocenters. The van der Waals surface area contributed by atoms with Gasteiger partial charge in [-0.1, -0.05) is 0 Å². The quantitative estimate of drug-likeness (QED) is 0.814. The van der Waals surface area contributed by atoms with Crippen LogP contribution in [-0.2, 0) is 4.74 Å². The van der Waals surface area contributed by atoms with Crippen LogP contribution in [0.25, 0.3) is 11.4 Å². The molecule has 0 aliphatic heterocycles. The molecule has 0 spiro atoms. The Bertz CT molecular complexity index is 555. The highest BCUT2D eigenvalue weighted by atomic mass is 16.5. The van der Waals surface area contributed by atoms with E-state index in [4.69, 9.17) is 15.2 Å². The normalized spacial score (nSPS) is 12.4.